The zero-order valence-corrected chi connectivity index (χ0v) is 18.9. The summed E-state index contributed by atoms with van der Waals surface area (Å²) in [5.41, 5.74) is 2.33. The summed E-state index contributed by atoms with van der Waals surface area (Å²) >= 11 is 0. The predicted octanol–water partition coefficient (Wildman–Crippen LogP) is 2.99. The maximum absolute atomic E-state index is 13.4. The number of aryl methyl sites for hydroxylation is 1. The zero-order chi connectivity index (χ0) is 22.7. The molecular weight excluding hydrogens is 428 g/mol. The molecule has 0 unspecified atom stereocenters. The molecule has 0 amide bonds. The number of aliphatic hydroxyl groups excluding tert-OH is 1. The van der Waals surface area contributed by atoms with E-state index >= 15 is 0 Å². The molecule has 2 aromatic carbocycles. The van der Waals surface area contributed by atoms with Crippen LogP contribution in [0, 0.1) is 6.92 Å². The van der Waals surface area contributed by atoms with Crippen LogP contribution in [0.3, 0.4) is 0 Å². The molecule has 8 heteroatoms. The van der Waals surface area contributed by atoms with Gasteiger partial charge in [-0.05, 0) is 38.0 Å². The summed E-state index contributed by atoms with van der Waals surface area (Å²) in [6, 6.07) is 14.2. The largest absolute Gasteiger partial charge is 0.390 e. The van der Waals surface area contributed by atoms with E-state index in [-0.39, 0.29) is 30.6 Å². The Morgan fingerprint density at radius 1 is 1.22 bits per heavy atom. The molecule has 4 rings (SSSR count). The molecule has 0 bridgehead atoms. The Balaban J connectivity index is 1.58. The molecule has 32 heavy (non-hydrogen) atoms. The van der Waals surface area contributed by atoms with Crippen molar-refractivity contribution in [1.29, 1.82) is 0 Å². The van der Waals surface area contributed by atoms with E-state index < -0.39 is 16.1 Å². The Labute approximate surface area is 188 Å². The molecule has 2 heterocycles. The van der Waals surface area contributed by atoms with E-state index in [1.807, 2.05) is 31.2 Å². The number of hydrogen-bond donors (Lipinski definition) is 1. The molecule has 1 saturated heterocycles. The topological polar surface area (TPSA) is 88.8 Å². The number of sulfonamides is 1. The van der Waals surface area contributed by atoms with Crippen LogP contribution in [-0.2, 0) is 21.3 Å². The van der Waals surface area contributed by atoms with Crippen LogP contribution in [-0.4, -0.2) is 60.6 Å². The highest BCUT2D eigenvalue weighted by Crippen LogP contribution is 2.23. The highest BCUT2D eigenvalue weighted by molar-refractivity contribution is 7.89. The fourth-order valence-corrected chi connectivity index (χ4v) is 5.69. The first-order valence-corrected chi connectivity index (χ1v) is 12.2. The monoisotopic (exact) mass is 456 g/mol. The number of carbonyl (C=O) groups is 1. The van der Waals surface area contributed by atoms with Crippen molar-refractivity contribution in [2.75, 3.05) is 19.7 Å². The van der Waals surface area contributed by atoms with Crippen LogP contribution >= 0.6 is 0 Å². The minimum absolute atomic E-state index is 0.0704. The number of hydrogen-bond acceptors (Lipinski definition) is 5. The second-order valence-electron chi connectivity index (χ2n) is 8.30. The number of carbonyl (C=O) groups excluding carboxylic acids is 1. The number of benzene rings is 2. The number of rotatable bonds is 9. The van der Waals surface area contributed by atoms with Crippen molar-refractivity contribution in [2.45, 2.75) is 43.4 Å². The first-order valence-electron chi connectivity index (χ1n) is 10.8. The molecule has 1 N–H and O–H groups in total. The zero-order valence-electron chi connectivity index (χ0n) is 18.1. The number of nitrogens with zero attached hydrogens (tertiary/aromatic N) is 2. The minimum Gasteiger partial charge on any atom is -0.390 e. The molecule has 0 spiro atoms. The summed E-state index contributed by atoms with van der Waals surface area (Å²) < 4.78 is 35.6. The molecule has 3 aromatic rings. The van der Waals surface area contributed by atoms with Gasteiger partial charge in [-0.15, -0.1) is 0 Å². The molecule has 1 aliphatic rings. The smallest absolute Gasteiger partial charge is 0.243 e. The molecule has 2 atom stereocenters. The van der Waals surface area contributed by atoms with Gasteiger partial charge in [0.25, 0.3) is 0 Å². The number of aromatic nitrogens is 1. The first-order chi connectivity index (χ1) is 15.4. The fourth-order valence-electron chi connectivity index (χ4n) is 4.19. The lowest BCUT2D eigenvalue weighted by Gasteiger charge is -2.27. The van der Waals surface area contributed by atoms with Crippen molar-refractivity contribution >= 4 is 27.2 Å². The Bertz CT molecular complexity index is 1180. The van der Waals surface area contributed by atoms with E-state index in [0.717, 1.165) is 35.6 Å². The fraction of sp³-hybridized carbons (Fsp3) is 0.375. The lowest BCUT2D eigenvalue weighted by atomic mass is 10.2. The summed E-state index contributed by atoms with van der Waals surface area (Å²) in [6.45, 7) is 2.81. The van der Waals surface area contributed by atoms with Crippen molar-refractivity contribution in [1.82, 2.24) is 8.87 Å². The van der Waals surface area contributed by atoms with E-state index in [1.54, 1.807) is 35.0 Å². The van der Waals surface area contributed by atoms with E-state index in [0.29, 0.717) is 12.2 Å². The molecule has 0 radical (unpaired) electrons. The Kier molecular flexibility index (Phi) is 6.76. The average Bonchev–Trinajstić information content (AvgIpc) is 3.41. The Morgan fingerprint density at radius 3 is 2.66 bits per heavy atom. The second-order valence-corrected chi connectivity index (χ2v) is 10.2. The van der Waals surface area contributed by atoms with Gasteiger partial charge >= 0.3 is 0 Å². The Hall–Kier alpha value is -2.52. The summed E-state index contributed by atoms with van der Waals surface area (Å²) in [7, 11) is -3.81. The van der Waals surface area contributed by atoms with Crippen LogP contribution in [0.5, 0.6) is 0 Å². The maximum atomic E-state index is 13.4. The minimum atomic E-state index is -3.81. The third-order valence-electron chi connectivity index (χ3n) is 5.86. The van der Waals surface area contributed by atoms with Gasteiger partial charge < -0.3 is 14.4 Å². The Morgan fingerprint density at radius 2 is 1.97 bits per heavy atom. The van der Waals surface area contributed by atoms with Crippen molar-refractivity contribution in [2.24, 2.45) is 0 Å². The standard InChI is InChI=1S/C24H28N2O5S/c1-18-8-10-22(11-9-18)32(29,30)26(16-21-5-4-12-31-21)15-20(28)14-25-13-19(17-27)23-6-2-3-7-24(23)25/h2-3,6-11,13,17,20-21,28H,4-5,12,14-16H2,1H3/t20-,21-/m1/s1. The van der Waals surface area contributed by atoms with E-state index in [2.05, 4.69) is 0 Å². The first kappa shape index (κ1) is 22.7. The van der Waals surface area contributed by atoms with Gasteiger partial charge in [-0.25, -0.2) is 8.42 Å². The number of para-hydroxylation sites is 1. The van der Waals surface area contributed by atoms with Gasteiger partial charge in [0.2, 0.25) is 10.0 Å². The van der Waals surface area contributed by atoms with Crippen molar-refractivity contribution in [3.8, 4) is 0 Å². The van der Waals surface area contributed by atoms with Gasteiger partial charge in [0.1, 0.15) is 0 Å². The van der Waals surface area contributed by atoms with Crippen molar-refractivity contribution in [3.63, 3.8) is 0 Å². The molecule has 0 aliphatic carbocycles. The van der Waals surface area contributed by atoms with Crippen LogP contribution in [0.25, 0.3) is 10.9 Å². The molecular formula is C24H28N2O5S. The molecule has 1 fully saturated rings. The van der Waals surface area contributed by atoms with Crippen molar-refractivity contribution < 1.29 is 23.1 Å². The van der Waals surface area contributed by atoms with Crippen LogP contribution < -0.4 is 0 Å². The van der Waals surface area contributed by atoms with Crippen molar-refractivity contribution in [3.05, 3.63) is 65.9 Å². The van der Waals surface area contributed by atoms with Crippen LogP contribution in [0.4, 0.5) is 0 Å². The third kappa shape index (κ3) is 4.78. The van der Waals surface area contributed by atoms with Gasteiger partial charge in [0.15, 0.2) is 6.29 Å². The normalized spacial score (nSPS) is 17.8. The van der Waals surface area contributed by atoms with Gasteiger partial charge in [0, 0.05) is 48.9 Å². The molecule has 1 aromatic heterocycles. The highest BCUT2D eigenvalue weighted by atomic mass is 32.2. The number of ether oxygens (including phenoxy) is 1. The van der Waals surface area contributed by atoms with Crippen LogP contribution in [0.2, 0.25) is 0 Å². The average molecular weight is 457 g/mol. The van der Waals surface area contributed by atoms with E-state index in [9.17, 15) is 18.3 Å². The molecule has 0 saturated carbocycles. The lowest BCUT2D eigenvalue weighted by molar-refractivity contribution is 0.0748. The summed E-state index contributed by atoms with van der Waals surface area (Å²) in [4.78, 5) is 11.6. The molecule has 170 valence electrons. The predicted molar refractivity (Wildman–Crippen MR) is 122 cm³/mol. The molecule has 7 nitrogen and oxygen atoms in total. The number of aliphatic hydroxyl groups is 1. The summed E-state index contributed by atoms with van der Waals surface area (Å²) in [5, 5.41) is 11.7. The second kappa shape index (κ2) is 9.54. The third-order valence-corrected chi connectivity index (χ3v) is 7.70. The van der Waals surface area contributed by atoms with Gasteiger partial charge in [-0.3, -0.25) is 4.79 Å². The summed E-state index contributed by atoms with van der Waals surface area (Å²) in [5.74, 6) is 0. The number of fused-ring (bicyclic) bond motifs is 1. The van der Waals surface area contributed by atoms with Gasteiger partial charge in [-0.2, -0.15) is 4.31 Å². The van der Waals surface area contributed by atoms with Gasteiger partial charge in [-0.1, -0.05) is 35.9 Å². The van der Waals surface area contributed by atoms with E-state index in [4.69, 9.17) is 4.74 Å². The van der Waals surface area contributed by atoms with Crippen LogP contribution in [0.1, 0.15) is 28.8 Å². The number of aldehydes is 1. The SMILES string of the molecule is Cc1ccc(S(=O)(=O)N(C[C@H](O)Cn2cc(C=O)c3ccccc32)C[C@H]2CCCO2)cc1. The summed E-state index contributed by atoms with van der Waals surface area (Å²) in [6.07, 6.45) is 3.02. The highest BCUT2D eigenvalue weighted by Gasteiger charge is 2.31. The maximum Gasteiger partial charge on any atom is 0.243 e. The van der Waals surface area contributed by atoms with Crippen LogP contribution in [0.15, 0.2) is 59.6 Å². The quantitative estimate of drug-likeness (QED) is 0.500. The molecule has 1 aliphatic heterocycles. The lowest BCUT2D eigenvalue weighted by Crippen LogP contribution is -2.43. The van der Waals surface area contributed by atoms with Gasteiger partial charge in [0.05, 0.1) is 17.1 Å². The van der Waals surface area contributed by atoms with E-state index in [1.165, 1.54) is 4.31 Å².